The number of aldehydes is 1. The van der Waals surface area contributed by atoms with Crippen molar-refractivity contribution < 1.29 is 4.79 Å². The van der Waals surface area contributed by atoms with Gasteiger partial charge in [0.05, 0.1) is 11.2 Å². The molecule has 0 aliphatic heterocycles. The van der Waals surface area contributed by atoms with Crippen molar-refractivity contribution in [2.45, 2.75) is 13.8 Å². The molecule has 13 heavy (non-hydrogen) atoms. The summed E-state index contributed by atoms with van der Waals surface area (Å²) < 4.78 is 1.82. The number of carbonyl (C=O) groups excluding carboxylic acids is 1. The number of hydrogen-bond donors (Lipinski definition) is 0. The molecule has 2 aromatic heterocycles. The number of rotatable bonds is 1. The number of aromatic nitrogens is 2. The van der Waals surface area contributed by atoms with Crippen molar-refractivity contribution in [1.82, 2.24) is 9.38 Å². The maximum atomic E-state index is 10.7. The minimum absolute atomic E-state index is 0.469. The molecule has 0 saturated heterocycles. The van der Waals surface area contributed by atoms with Crippen LogP contribution in [-0.2, 0) is 0 Å². The predicted octanol–water partition coefficient (Wildman–Crippen LogP) is 1.76. The SMILES string of the molecule is Cc1ccc2c(C)nc(C=O)n2c1. The van der Waals surface area contributed by atoms with Gasteiger partial charge in [0.1, 0.15) is 0 Å². The fourth-order valence-electron chi connectivity index (χ4n) is 1.46. The van der Waals surface area contributed by atoms with Crippen LogP contribution < -0.4 is 0 Å². The summed E-state index contributed by atoms with van der Waals surface area (Å²) in [5, 5.41) is 0. The monoisotopic (exact) mass is 174 g/mol. The van der Waals surface area contributed by atoms with Gasteiger partial charge in [0.25, 0.3) is 0 Å². The first-order valence-corrected chi connectivity index (χ1v) is 4.13. The van der Waals surface area contributed by atoms with E-state index in [2.05, 4.69) is 4.98 Å². The average molecular weight is 174 g/mol. The Bertz CT molecular complexity index is 471. The molecule has 0 N–H and O–H groups in total. The third-order valence-electron chi connectivity index (χ3n) is 2.10. The van der Waals surface area contributed by atoms with Gasteiger partial charge in [-0.15, -0.1) is 0 Å². The first-order chi connectivity index (χ1) is 6.22. The number of carbonyl (C=O) groups is 1. The molecule has 3 nitrogen and oxygen atoms in total. The predicted molar refractivity (Wildman–Crippen MR) is 50.1 cm³/mol. The second kappa shape index (κ2) is 2.69. The highest BCUT2D eigenvalue weighted by atomic mass is 16.1. The zero-order valence-corrected chi connectivity index (χ0v) is 7.61. The number of hydrogen-bond acceptors (Lipinski definition) is 2. The van der Waals surface area contributed by atoms with Gasteiger partial charge in [-0.25, -0.2) is 4.98 Å². The van der Waals surface area contributed by atoms with Crippen LogP contribution >= 0.6 is 0 Å². The lowest BCUT2D eigenvalue weighted by Gasteiger charge is -1.96. The highest BCUT2D eigenvalue weighted by Gasteiger charge is 2.05. The Hall–Kier alpha value is -1.64. The van der Waals surface area contributed by atoms with E-state index in [0.29, 0.717) is 5.82 Å². The second-order valence-corrected chi connectivity index (χ2v) is 3.13. The first kappa shape index (κ1) is 7.98. The van der Waals surface area contributed by atoms with Crippen LogP contribution in [0.25, 0.3) is 5.52 Å². The number of nitrogens with zero attached hydrogens (tertiary/aromatic N) is 2. The van der Waals surface area contributed by atoms with E-state index in [1.165, 1.54) is 0 Å². The molecule has 66 valence electrons. The summed E-state index contributed by atoms with van der Waals surface area (Å²) >= 11 is 0. The molecular formula is C10H10N2O. The van der Waals surface area contributed by atoms with Crippen molar-refractivity contribution in [1.29, 1.82) is 0 Å². The van der Waals surface area contributed by atoms with E-state index in [4.69, 9.17) is 0 Å². The van der Waals surface area contributed by atoms with Gasteiger partial charge >= 0.3 is 0 Å². The van der Waals surface area contributed by atoms with Gasteiger partial charge in [-0.05, 0) is 25.5 Å². The Kier molecular flexibility index (Phi) is 1.65. The summed E-state index contributed by atoms with van der Waals surface area (Å²) in [7, 11) is 0. The molecule has 0 bridgehead atoms. The average Bonchev–Trinajstić information content (AvgIpc) is 2.42. The van der Waals surface area contributed by atoms with Crippen LogP contribution in [0.5, 0.6) is 0 Å². The van der Waals surface area contributed by atoms with E-state index >= 15 is 0 Å². The summed E-state index contributed by atoms with van der Waals surface area (Å²) in [6, 6.07) is 3.99. The standard InChI is InChI=1S/C10H10N2O/c1-7-3-4-9-8(2)11-10(6-13)12(9)5-7/h3-6H,1-2H3. The molecule has 3 heteroatoms. The zero-order chi connectivity index (χ0) is 9.42. The Labute approximate surface area is 76.0 Å². The topological polar surface area (TPSA) is 34.4 Å². The smallest absolute Gasteiger partial charge is 0.185 e. The summed E-state index contributed by atoms with van der Waals surface area (Å²) in [5.74, 6) is 0.469. The quantitative estimate of drug-likeness (QED) is 0.617. The van der Waals surface area contributed by atoms with Gasteiger partial charge in [-0.2, -0.15) is 0 Å². The van der Waals surface area contributed by atoms with Gasteiger partial charge in [-0.1, -0.05) is 6.07 Å². The number of fused-ring (bicyclic) bond motifs is 1. The van der Waals surface area contributed by atoms with Crippen LogP contribution in [0, 0.1) is 13.8 Å². The summed E-state index contributed by atoms with van der Waals surface area (Å²) in [6.45, 7) is 3.89. The Morgan fingerprint density at radius 1 is 1.38 bits per heavy atom. The third-order valence-corrected chi connectivity index (χ3v) is 2.10. The van der Waals surface area contributed by atoms with Crippen molar-refractivity contribution in [3.63, 3.8) is 0 Å². The molecule has 0 radical (unpaired) electrons. The third kappa shape index (κ3) is 1.13. The van der Waals surface area contributed by atoms with E-state index in [9.17, 15) is 4.79 Å². The Morgan fingerprint density at radius 2 is 2.15 bits per heavy atom. The van der Waals surface area contributed by atoms with Crippen molar-refractivity contribution in [2.24, 2.45) is 0 Å². The maximum absolute atomic E-state index is 10.7. The molecule has 0 amide bonds. The lowest BCUT2D eigenvalue weighted by Crippen LogP contribution is -1.92. The van der Waals surface area contributed by atoms with Crippen LogP contribution in [0.2, 0.25) is 0 Å². The Morgan fingerprint density at radius 3 is 2.85 bits per heavy atom. The van der Waals surface area contributed by atoms with E-state index in [1.807, 2.05) is 36.6 Å². The van der Waals surface area contributed by atoms with Gasteiger partial charge < -0.3 is 0 Å². The minimum atomic E-state index is 0.469. The molecule has 0 fully saturated rings. The second-order valence-electron chi connectivity index (χ2n) is 3.13. The van der Waals surface area contributed by atoms with Crippen molar-refractivity contribution in [3.8, 4) is 0 Å². The molecule has 0 aliphatic carbocycles. The summed E-state index contributed by atoms with van der Waals surface area (Å²) in [6.07, 6.45) is 2.69. The minimum Gasteiger partial charge on any atom is -0.297 e. The van der Waals surface area contributed by atoms with Crippen LogP contribution in [-0.4, -0.2) is 15.7 Å². The van der Waals surface area contributed by atoms with E-state index < -0.39 is 0 Å². The lowest BCUT2D eigenvalue weighted by atomic mass is 10.3. The van der Waals surface area contributed by atoms with Gasteiger partial charge in [0.2, 0.25) is 0 Å². The maximum Gasteiger partial charge on any atom is 0.185 e. The molecule has 0 aromatic carbocycles. The van der Waals surface area contributed by atoms with Gasteiger partial charge in [0, 0.05) is 6.20 Å². The molecule has 0 spiro atoms. The van der Waals surface area contributed by atoms with Crippen molar-refractivity contribution in [2.75, 3.05) is 0 Å². The number of aryl methyl sites for hydroxylation is 2. The van der Waals surface area contributed by atoms with Crippen LogP contribution in [0.4, 0.5) is 0 Å². The summed E-state index contributed by atoms with van der Waals surface area (Å²) in [5.41, 5.74) is 3.00. The fourth-order valence-corrected chi connectivity index (χ4v) is 1.46. The number of pyridine rings is 1. The van der Waals surface area contributed by atoms with Crippen molar-refractivity contribution in [3.05, 3.63) is 35.4 Å². The van der Waals surface area contributed by atoms with Gasteiger partial charge in [0.15, 0.2) is 12.1 Å². The van der Waals surface area contributed by atoms with Crippen LogP contribution in [0.3, 0.4) is 0 Å². The fraction of sp³-hybridized carbons (Fsp3) is 0.200. The van der Waals surface area contributed by atoms with Crippen molar-refractivity contribution >= 4 is 11.8 Å². The molecule has 2 aromatic rings. The van der Waals surface area contributed by atoms with E-state index in [-0.39, 0.29) is 0 Å². The largest absolute Gasteiger partial charge is 0.297 e. The number of imidazole rings is 1. The van der Waals surface area contributed by atoms with E-state index in [1.54, 1.807) is 0 Å². The first-order valence-electron chi connectivity index (χ1n) is 4.13. The normalized spacial score (nSPS) is 10.6. The lowest BCUT2D eigenvalue weighted by molar-refractivity contribution is 0.111. The molecule has 0 atom stereocenters. The molecule has 2 rings (SSSR count). The van der Waals surface area contributed by atoms with E-state index in [0.717, 1.165) is 23.1 Å². The van der Waals surface area contributed by atoms with Gasteiger partial charge in [-0.3, -0.25) is 9.20 Å². The highest BCUT2D eigenvalue weighted by molar-refractivity contribution is 5.73. The molecular weight excluding hydrogens is 164 g/mol. The molecule has 0 saturated carbocycles. The molecule has 0 unspecified atom stereocenters. The van der Waals surface area contributed by atoms with Crippen LogP contribution in [0.1, 0.15) is 21.9 Å². The van der Waals surface area contributed by atoms with Crippen LogP contribution in [0.15, 0.2) is 18.3 Å². The summed E-state index contributed by atoms with van der Waals surface area (Å²) in [4.78, 5) is 14.8. The highest BCUT2D eigenvalue weighted by Crippen LogP contribution is 2.12. The molecule has 2 heterocycles. The molecule has 0 aliphatic rings. The zero-order valence-electron chi connectivity index (χ0n) is 7.61. The Balaban J connectivity index is 2.89.